The van der Waals surface area contributed by atoms with E-state index in [1.807, 2.05) is 31.2 Å². The van der Waals surface area contributed by atoms with Crippen LogP contribution >= 0.6 is 0 Å². The summed E-state index contributed by atoms with van der Waals surface area (Å²) in [7, 11) is 0. The van der Waals surface area contributed by atoms with Crippen molar-refractivity contribution in [1.82, 2.24) is 0 Å². The Kier molecular flexibility index (Phi) is 2.83. The van der Waals surface area contributed by atoms with Crippen molar-refractivity contribution in [3.63, 3.8) is 0 Å². The molecule has 0 radical (unpaired) electrons. The van der Waals surface area contributed by atoms with Crippen molar-refractivity contribution in [3.8, 4) is 11.1 Å². The minimum absolute atomic E-state index is 0.230. The van der Waals surface area contributed by atoms with Crippen LogP contribution in [0.4, 0.5) is 5.69 Å². The molecule has 0 atom stereocenters. The van der Waals surface area contributed by atoms with Gasteiger partial charge in [0.05, 0.1) is 5.56 Å². The van der Waals surface area contributed by atoms with Gasteiger partial charge in [-0.1, -0.05) is 35.9 Å². The van der Waals surface area contributed by atoms with Crippen molar-refractivity contribution in [2.24, 2.45) is 0 Å². The van der Waals surface area contributed by atoms with Gasteiger partial charge in [0.1, 0.15) is 0 Å². The van der Waals surface area contributed by atoms with E-state index in [1.165, 1.54) is 0 Å². The minimum Gasteiger partial charge on any atom is -0.478 e. The van der Waals surface area contributed by atoms with Gasteiger partial charge in [0.25, 0.3) is 0 Å². The van der Waals surface area contributed by atoms with E-state index in [0.717, 1.165) is 11.1 Å². The molecule has 0 heterocycles. The molecule has 2 aromatic rings. The largest absolute Gasteiger partial charge is 0.478 e. The van der Waals surface area contributed by atoms with E-state index in [4.69, 9.17) is 10.8 Å². The van der Waals surface area contributed by atoms with E-state index in [1.54, 1.807) is 18.2 Å². The normalized spacial score (nSPS) is 10.2. The van der Waals surface area contributed by atoms with E-state index in [0.29, 0.717) is 11.3 Å². The molecule has 0 aliphatic heterocycles. The number of nitrogens with two attached hydrogens (primary N) is 1. The Morgan fingerprint density at radius 1 is 1.12 bits per heavy atom. The third kappa shape index (κ3) is 2.13. The molecule has 0 bridgehead atoms. The zero-order valence-corrected chi connectivity index (χ0v) is 9.47. The van der Waals surface area contributed by atoms with Crippen LogP contribution in [0.25, 0.3) is 11.1 Å². The maximum absolute atomic E-state index is 11.2. The molecule has 3 heteroatoms. The van der Waals surface area contributed by atoms with Gasteiger partial charge in [0.2, 0.25) is 0 Å². The molecule has 0 unspecified atom stereocenters. The fourth-order valence-corrected chi connectivity index (χ4v) is 1.79. The predicted octanol–water partition coefficient (Wildman–Crippen LogP) is 2.94. The van der Waals surface area contributed by atoms with Gasteiger partial charge in [0, 0.05) is 11.3 Å². The highest BCUT2D eigenvalue weighted by Crippen LogP contribution is 2.29. The van der Waals surface area contributed by atoms with Crippen LogP contribution in [-0.4, -0.2) is 11.1 Å². The van der Waals surface area contributed by atoms with E-state index in [9.17, 15) is 4.79 Å². The summed E-state index contributed by atoms with van der Waals surface area (Å²) in [4.78, 5) is 11.2. The van der Waals surface area contributed by atoms with Gasteiger partial charge in [-0.3, -0.25) is 0 Å². The Bertz CT molecular complexity index is 559. The van der Waals surface area contributed by atoms with Crippen LogP contribution in [0.2, 0.25) is 0 Å². The lowest BCUT2D eigenvalue weighted by Gasteiger charge is -2.09. The number of carboxylic acids is 1. The number of aryl methyl sites for hydroxylation is 1. The van der Waals surface area contributed by atoms with Crippen LogP contribution in [0.3, 0.4) is 0 Å². The van der Waals surface area contributed by atoms with Gasteiger partial charge in [-0.25, -0.2) is 4.79 Å². The van der Waals surface area contributed by atoms with Gasteiger partial charge in [-0.2, -0.15) is 0 Å². The average molecular weight is 227 g/mol. The van der Waals surface area contributed by atoms with E-state index in [-0.39, 0.29) is 5.56 Å². The summed E-state index contributed by atoms with van der Waals surface area (Å²) in [6.45, 7) is 1.98. The summed E-state index contributed by atoms with van der Waals surface area (Å²) >= 11 is 0. The van der Waals surface area contributed by atoms with Crippen LogP contribution < -0.4 is 5.73 Å². The summed E-state index contributed by atoms with van der Waals surface area (Å²) in [5.41, 5.74) is 9.11. The number of anilines is 1. The van der Waals surface area contributed by atoms with E-state index in [2.05, 4.69) is 0 Å². The van der Waals surface area contributed by atoms with Crippen molar-refractivity contribution in [2.75, 3.05) is 5.73 Å². The fourth-order valence-electron chi connectivity index (χ4n) is 1.79. The SMILES string of the molecule is Cc1ccc(-c2c(N)cccc2C(=O)O)cc1. The van der Waals surface area contributed by atoms with Gasteiger partial charge in [-0.15, -0.1) is 0 Å². The molecular formula is C14H13NO2. The van der Waals surface area contributed by atoms with Crippen LogP contribution in [0.15, 0.2) is 42.5 Å². The molecular weight excluding hydrogens is 214 g/mol. The molecule has 2 rings (SSSR count). The second-order valence-corrected chi connectivity index (χ2v) is 3.94. The van der Waals surface area contributed by atoms with Gasteiger partial charge >= 0.3 is 5.97 Å². The third-order valence-corrected chi connectivity index (χ3v) is 2.67. The molecule has 0 amide bonds. The molecule has 0 saturated heterocycles. The molecule has 0 aliphatic carbocycles. The first-order valence-electron chi connectivity index (χ1n) is 5.28. The fraction of sp³-hybridized carbons (Fsp3) is 0.0714. The van der Waals surface area contributed by atoms with Crippen molar-refractivity contribution in [2.45, 2.75) is 6.92 Å². The molecule has 0 spiro atoms. The standard InChI is InChI=1S/C14H13NO2/c1-9-5-7-10(8-6-9)13-11(14(16)17)3-2-4-12(13)15/h2-8H,15H2,1H3,(H,16,17). The summed E-state index contributed by atoms with van der Waals surface area (Å²) in [5, 5.41) is 9.15. The highest BCUT2D eigenvalue weighted by molar-refractivity contribution is 5.99. The topological polar surface area (TPSA) is 63.3 Å². The Morgan fingerprint density at radius 3 is 2.35 bits per heavy atom. The summed E-state index contributed by atoms with van der Waals surface area (Å²) < 4.78 is 0. The molecule has 17 heavy (non-hydrogen) atoms. The monoisotopic (exact) mass is 227 g/mol. The lowest BCUT2D eigenvalue weighted by atomic mass is 9.97. The molecule has 0 saturated carbocycles. The highest BCUT2D eigenvalue weighted by atomic mass is 16.4. The molecule has 0 fully saturated rings. The Balaban J connectivity index is 2.65. The molecule has 3 nitrogen and oxygen atoms in total. The minimum atomic E-state index is -0.965. The summed E-state index contributed by atoms with van der Waals surface area (Å²) in [6, 6.07) is 12.6. The maximum atomic E-state index is 11.2. The number of carbonyl (C=O) groups is 1. The van der Waals surface area contributed by atoms with Gasteiger partial charge in [-0.05, 0) is 24.6 Å². The quantitative estimate of drug-likeness (QED) is 0.775. The van der Waals surface area contributed by atoms with E-state index < -0.39 is 5.97 Å². The zero-order valence-electron chi connectivity index (χ0n) is 9.47. The number of carboxylic acid groups (broad SMARTS) is 1. The first kappa shape index (κ1) is 11.2. The number of hydrogen-bond acceptors (Lipinski definition) is 2. The molecule has 86 valence electrons. The highest BCUT2D eigenvalue weighted by Gasteiger charge is 2.13. The van der Waals surface area contributed by atoms with Crippen LogP contribution in [0, 0.1) is 6.92 Å². The second kappa shape index (κ2) is 4.29. The summed E-state index contributed by atoms with van der Waals surface area (Å²) in [5.74, 6) is -0.965. The molecule has 0 aliphatic rings. The van der Waals surface area contributed by atoms with Crippen molar-refractivity contribution in [1.29, 1.82) is 0 Å². The summed E-state index contributed by atoms with van der Waals surface area (Å²) in [6.07, 6.45) is 0. The Labute approximate surface area is 99.5 Å². The first-order valence-corrected chi connectivity index (χ1v) is 5.28. The number of hydrogen-bond donors (Lipinski definition) is 2. The van der Waals surface area contributed by atoms with E-state index >= 15 is 0 Å². The molecule has 0 aromatic heterocycles. The third-order valence-electron chi connectivity index (χ3n) is 2.67. The van der Waals surface area contributed by atoms with Crippen molar-refractivity contribution in [3.05, 3.63) is 53.6 Å². The maximum Gasteiger partial charge on any atom is 0.336 e. The smallest absolute Gasteiger partial charge is 0.336 e. The lowest BCUT2D eigenvalue weighted by Crippen LogP contribution is -2.02. The van der Waals surface area contributed by atoms with Crippen LogP contribution in [0.5, 0.6) is 0 Å². The predicted molar refractivity (Wildman–Crippen MR) is 68.0 cm³/mol. The Morgan fingerprint density at radius 2 is 1.76 bits per heavy atom. The molecule has 3 N–H and O–H groups in total. The lowest BCUT2D eigenvalue weighted by molar-refractivity contribution is 0.0698. The number of benzene rings is 2. The zero-order chi connectivity index (χ0) is 12.4. The van der Waals surface area contributed by atoms with Crippen molar-refractivity contribution < 1.29 is 9.90 Å². The van der Waals surface area contributed by atoms with Gasteiger partial charge < -0.3 is 10.8 Å². The number of rotatable bonds is 2. The van der Waals surface area contributed by atoms with Gasteiger partial charge in [0.15, 0.2) is 0 Å². The Hall–Kier alpha value is -2.29. The van der Waals surface area contributed by atoms with Crippen LogP contribution in [-0.2, 0) is 0 Å². The van der Waals surface area contributed by atoms with Crippen LogP contribution in [0.1, 0.15) is 15.9 Å². The average Bonchev–Trinajstić information content (AvgIpc) is 2.30. The van der Waals surface area contributed by atoms with Crippen molar-refractivity contribution >= 4 is 11.7 Å². The second-order valence-electron chi connectivity index (χ2n) is 3.94. The number of aromatic carboxylic acids is 1. The molecule has 2 aromatic carbocycles. The number of nitrogen functional groups attached to an aromatic ring is 1. The first-order chi connectivity index (χ1) is 8.09.